The molecular weight excluding hydrogens is 428 g/mol. The second-order valence-corrected chi connectivity index (χ2v) is 8.73. The van der Waals surface area contributed by atoms with Crippen LogP contribution in [0, 0.1) is 13.8 Å². The van der Waals surface area contributed by atoms with Crippen LogP contribution in [0.4, 0.5) is 0 Å². The Morgan fingerprint density at radius 3 is 2.14 bits per heavy atom. The van der Waals surface area contributed by atoms with Gasteiger partial charge in [-0.1, -0.05) is 64.3 Å². The van der Waals surface area contributed by atoms with E-state index in [0.717, 1.165) is 33.1 Å². The number of amides is 2. The molecule has 0 aliphatic heterocycles. The summed E-state index contributed by atoms with van der Waals surface area (Å²) in [7, 11) is 0. The van der Waals surface area contributed by atoms with Crippen LogP contribution >= 0.6 is 15.9 Å². The number of nitrogens with zero attached hydrogens (tertiary/aromatic N) is 1. The lowest BCUT2D eigenvalue weighted by atomic mass is 10.0. The van der Waals surface area contributed by atoms with E-state index in [2.05, 4.69) is 27.3 Å². The maximum atomic E-state index is 13.2. The van der Waals surface area contributed by atoms with E-state index in [1.807, 2.05) is 64.1 Å². The van der Waals surface area contributed by atoms with Crippen molar-refractivity contribution in [3.63, 3.8) is 0 Å². The van der Waals surface area contributed by atoms with E-state index in [1.54, 1.807) is 11.8 Å². The van der Waals surface area contributed by atoms with Crippen LogP contribution in [0.2, 0.25) is 0 Å². The van der Waals surface area contributed by atoms with E-state index in [0.29, 0.717) is 6.54 Å². The monoisotopic (exact) mass is 458 g/mol. The topological polar surface area (TPSA) is 49.4 Å². The third kappa shape index (κ3) is 7.00. The average molecular weight is 459 g/mol. The molecule has 2 aromatic rings. The summed E-state index contributed by atoms with van der Waals surface area (Å²) in [6.45, 7) is 10.3. The summed E-state index contributed by atoms with van der Waals surface area (Å²) in [6.07, 6.45) is 1.13. The number of hydrogen-bond acceptors (Lipinski definition) is 2. The van der Waals surface area contributed by atoms with Gasteiger partial charge in [0.05, 0.1) is 6.42 Å². The van der Waals surface area contributed by atoms with Crippen LogP contribution in [0.1, 0.15) is 49.4 Å². The highest BCUT2D eigenvalue weighted by Gasteiger charge is 2.26. The standard InChI is InChI=1S/C24H31BrN2O2/c1-6-18(4)26-24(29)19(5)27(15-20-7-9-22(25)10-8-20)23(28)14-21-12-16(2)11-17(3)13-21/h7-13,18-19H,6,14-15H2,1-5H3,(H,26,29). The molecule has 0 saturated heterocycles. The zero-order valence-corrected chi connectivity index (χ0v) is 19.5. The first-order chi connectivity index (χ1) is 13.7. The minimum atomic E-state index is -0.550. The summed E-state index contributed by atoms with van der Waals surface area (Å²) >= 11 is 3.44. The molecule has 0 spiro atoms. The van der Waals surface area contributed by atoms with Crippen molar-refractivity contribution >= 4 is 27.7 Å². The molecule has 2 unspecified atom stereocenters. The van der Waals surface area contributed by atoms with E-state index in [9.17, 15) is 9.59 Å². The molecule has 2 rings (SSSR count). The summed E-state index contributed by atoms with van der Waals surface area (Å²) < 4.78 is 0.983. The Bertz CT molecular complexity index is 828. The largest absolute Gasteiger partial charge is 0.352 e. The van der Waals surface area contributed by atoms with E-state index in [-0.39, 0.29) is 24.3 Å². The second kappa shape index (κ2) is 10.6. The van der Waals surface area contributed by atoms with Gasteiger partial charge in [-0.2, -0.15) is 0 Å². The predicted molar refractivity (Wildman–Crippen MR) is 122 cm³/mol. The van der Waals surface area contributed by atoms with Crippen molar-refractivity contribution in [3.05, 3.63) is 69.2 Å². The predicted octanol–water partition coefficient (Wildman–Crippen LogP) is 4.94. The van der Waals surface area contributed by atoms with Gasteiger partial charge in [0.15, 0.2) is 0 Å². The third-order valence-electron chi connectivity index (χ3n) is 5.07. The third-order valence-corrected chi connectivity index (χ3v) is 5.60. The minimum Gasteiger partial charge on any atom is -0.352 e. The van der Waals surface area contributed by atoms with Gasteiger partial charge in [0.1, 0.15) is 6.04 Å². The molecule has 1 N–H and O–H groups in total. The van der Waals surface area contributed by atoms with Crippen LogP contribution in [0.15, 0.2) is 46.9 Å². The van der Waals surface area contributed by atoms with Crippen molar-refractivity contribution in [2.75, 3.05) is 0 Å². The van der Waals surface area contributed by atoms with E-state index >= 15 is 0 Å². The number of nitrogens with one attached hydrogen (secondary N) is 1. The molecule has 156 valence electrons. The zero-order valence-electron chi connectivity index (χ0n) is 18.0. The Morgan fingerprint density at radius 1 is 1.00 bits per heavy atom. The first kappa shape index (κ1) is 23.1. The van der Waals surface area contributed by atoms with Gasteiger partial charge in [-0.05, 0) is 57.4 Å². The van der Waals surface area contributed by atoms with Crippen molar-refractivity contribution < 1.29 is 9.59 Å². The Hall–Kier alpha value is -2.14. The van der Waals surface area contributed by atoms with Crippen LogP contribution in [-0.4, -0.2) is 28.8 Å². The molecule has 2 atom stereocenters. The van der Waals surface area contributed by atoms with Crippen LogP contribution in [0.3, 0.4) is 0 Å². The zero-order chi connectivity index (χ0) is 21.6. The van der Waals surface area contributed by atoms with Gasteiger partial charge in [-0.15, -0.1) is 0 Å². The van der Waals surface area contributed by atoms with Crippen LogP contribution in [0.25, 0.3) is 0 Å². The highest BCUT2D eigenvalue weighted by atomic mass is 79.9. The van der Waals surface area contributed by atoms with Crippen molar-refractivity contribution in [2.45, 2.75) is 66.1 Å². The Balaban J connectivity index is 2.25. The lowest BCUT2D eigenvalue weighted by Crippen LogP contribution is -2.49. The number of carbonyl (C=O) groups is 2. The molecule has 5 heteroatoms. The van der Waals surface area contributed by atoms with E-state index < -0.39 is 6.04 Å². The molecule has 0 aliphatic carbocycles. The van der Waals surface area contributed by atoms with Crippen molar-refractivity contribution in [3.8, 4) is 0 Å². The van der Waals surface area contributed by atoms with Gasteiger partial charge >= 0.3 is 0 Å². The Kier molecular flexibility index (Phi) is 8.45. The molecule has 2 amide bonds. The number of carbonyl (C=O) groups excluding carboxylic acids is 2. The fourth-order valence-corrected chi connectivity index (χ4v) is 3.55. The number of benzene rings is 2. The maximum Gasteiger partial charge on any atom is 0.242 e. The minimum absolute atomic E-state index is 0.0512. The second-order valence-electron chi connectivity index (χ2n) is 7.81. The highest BCUT2D eigenvalue weighted by molar-refractivity contribution is 9.10. The van der Waals surface area contributed by atoms with Crippen molar-refractivity contribution in [1.29, 1.82) is 0 Å². The van der Waals surface area contributed by atoms with Crippen molar-refractivity contribution in [1.82, 2.24) is 10.2 Å². The quantitative estimate of drug-likeness (QED) is 0.608. The average Bonchev–Trinajstić information content (AvgIpc) is 2.65. The summed E-state index contributed by atoms with van der Waals surface area (Å²) in [6, 6.07) is 13.5. The Morgan fingerprint density at radius 2 is 1.59 bits per heavy atom. The van der Waals surface area contributed by atoms with Gasteiger partial charge < -0.3 is 10.2 Å². The maximum absolute atomic E-state index is 13.2. The van der Waals surface area contributed by atoms with Gasteiger partial charge in [0.25, 0.3) is 0 Å². The van der Waals surface area contributed by atoms with E-state index in [4.69, 9.17) is 0 Å². The SMILES string of the molecule is CCC(C)NC(=O)C(C)N(Cc1ccc(Br)cc1)C(=O)Cc1cc(C)cc(C)c1. The lowest BCUT2D eigenvalue weighted by molar-refractivity contribution is -0.140. The number of hydrogen-bond donors (Lipinski definition) is 1. The van der Waals surface area contributed by atoms with Crippen molar-refractivity contribution in [2.24, 2.45) is 0 Å². The first-order valence-electron chi connectivity index (χ1n) is 10.1. The normalized spacial score (nSPS) is 12.9. The molecule has 0 saturated carbocycles. The summed E-state index contributed by atoms with van der Waals surface area (Å²) in [5.74, 6) is -0.171. The van der Waals surface area contributed by atoms with E-state index in [1.165, 1.54) is 0 Å². The summed E-state index contributed by atoms with van der Waals surface area (Å²) in [5, 5.41) is 3.00. The molecule has 0 heterocycles. The summed E-state index contributed by atoms with van der Waals surface area (Å²) in [4.78, 5) is 27.7. The van der Waals surface area contributed by atoms with Gasteiger partial charge in [-0.3, -0.25) is 9.59 Å². The number of rotatable bonds is 8. The molecule has 2 aromatic carbocycles. The first-order valence-corrected chi connectivity index (χ1v) is 10.9. The Labute approximate surface area is 182 Å². The molecule has 29 heavy (non-hydrogen) atoms. The molecule has 0 radical (unpaired) electrons. The fraction of sp³-hybridized carbons (Fsp3) is 0.417. The number of aryl methyl sites for hydroxylation is 2. The van der Waals surface area contributed by atoms with Gasteiger partial charge in [-0.25, -0.2) is 0 Å². The molecule has 0 fully saturated rings. The molecule has 0 bridgehead atoms. The fourth-order valence-electron chi connectivity index (χ4n) is 3.28. The highest BCUT2D eigenvalue weighted by Crippen LogP contribution is 2.17. The summed E-state index contributed by atoms with van der Waals surface area (Å²) in [5.41, 5.74) is 4.23. The van der Waals surface area contributed by atoms with Crippen LogP contribution in [-0.2, 0) is 22.6 Å². The molecule has 0 aromatic heterocycles. The number of halogens is 1. The van der Waals surface area contributed by atoms with Gasteiger partial charge in [0.2, 0.25) is 11.8 Å². The van der Waals surface area contributed by atoms with Crippen LogP contribution < -0.4 is 5.32 Å². The molecular formula is C24H31BrN2O2. The smallest absolute Gasteiger partial charge is 0.242 e. The molecule has 4 nitrogen and oxygen atoms in total. The lowest BCUT2D eigenvalue weighted by Gasteiger charge is -2.30. The van der Waals surface area contributed by atoms with Gasteiger partial charge in [0, 0.05) is 17.1 Å². The van der Waals surface area contributed by atoms with Crippen LogP contribution in [0.5, 0.6) is 0 Å². The molecule has 0 aliphatic rings.